The van der Waals surface area contributed by atoms with E-state index >= 15 is 0 Å². The van der Waals surface area contributed by atoms with Gasteiger partial charge in [-0.05, 0) is 137 Å². The van der Waals surface area contributed by atoms with Crippen molar-refractivity contribution >= 4 is 52.5 Å². The first-order valence-corrected chi connectivity index (χ1v) is 28.2. The molecule has 3 unspecified atom stereocenters. The summed E-state index contributed by atoms with van der Waals surface area (Å²) in [6.45, 7) is 13.1. The summed E-state index contributed by atoms with van der Waals surface area (Å²) < 4.78 is 55.1. The zero-order chi connectivity index (χ0) is 57.5. The summed E-state index contributed by atoms with van der Waals surface area (Å²) in [6.07, 6.45) is 1.63. The highest BCUT2D eigenvalue weighted by Crippen LogP contribution is 2.43. The Balaban J connectivity index is 0.879. The molecule has 5 heterocycles. The molecule has 4 aromatic rings. The molecule has 7 atom stereocenters. The number of amides is 6. The molecule has 3 fully saturated rings. The van der Waals surface area contributed by atoms with Crippen molar-refractivity contribution in [3.05, 3.63) is 124 Å². The van der Waals surface area contributed by atoms with E-state index in [1.807, 2.05) is 25.1 Å². The number of carbonyl (C=O) groups is 6. The van der Waals surface area contributed by atoms with Crippen LogP contribution in [-0.2, 0) is 56.6 Å². The predicted octanol–water partition coefficient (Wildman–Crippen LogP) is 4.76. The van der Waals surface area contributed by atoms with Gasteiger partial charge < -0.3 is 51.2 Å². The number of halogens is 3. The summed E-state index contributed by atoms with van der Waals surface area (Å²) in [4.78, 5) is 92.9. The van der Waals surface area contributed by atoms with Crippen LogP contribution in [0.25, 0.3) is 0 Å². The van der Waals surface area contributed by atoms with Crippen molar-refractivity contribution in [1.82, 2.24) is 36.0 Å². The number of nitrogens with one attached hydrogen (secondary N) is 6. The van der Waals surface area contributed by atoms with Gasteiger partial charge in [0.25, 0.3) is 5.91 Å². The fourth-order valence-corrected chi connectivity index (χ4v) is 11.8. The van der Waals surface area contributed by atoms with Crippen LogP contribution in [0.5, 0.6) is 0 Å². The average molecular weight is 1120 g/mol. The second-order valence-electron chi connectivity index (χ2n) is 22.5. The molecule has 4 aromatic carbocycles. The van der Waals surface area contributed by atoms with Crippen LogP contribution in [0.3, 0.4) is 0 Å². The standard InChI is InChI=1S/C60H75F3N10O8/c1-36-30-71(45(29-66-36)32-70-22-25-81-34-37(70)2)33-52(75)73-35-60(4,47-18-13-40(27-50(47)73)26-39-11-15-43(61)16-12-39)59(79)65-21-7-10-51(74)67-44-17-14-42-31-72(55(46(42)28-44)57(77)69-54-48(62)8-6-9-49(54)63)58(78)53(41-19-23-80-24-20-41)68-56(76)38(3)64-5/h6,8-9,11-18,27-28,36-38,41,45,53,55,64,66H,7,10,19-26,29-35H2,1-5H3,(H,65,79)(H,67,74)(H,68,76)(H,69,77)/t36?,37-,38?,45-,53?,55+,60-/m1/s1. The lowest BCUT2D eigenvalue weighted by atomic mass is 9.83. The van der Waals surface area contributed by atoms with Crippen LogP contribution in [0.15, 0.2) is 78.9 Å². The molecular weight excluding hydrogens is 1050 g/mol. The van der Waals surface area contributed by atoms with Gasteiger partial charge in [-0.1, -0.05) is 36.4 Å². The molecule has 6 N–H and O–H groups in total. The Kier molecular flexibility index (Phi) is 18.9. The first-order chi connectivity index (χ1) is 38.9. The van der Waals surface area contributed by atoms with Crippen molar-refractivity contribution in [3.63, 3.8) is 0 Å². The van der Waals surface area contributed by atoms with Gasteiger partial charge in [-0.25, -0.2) is 13.2 Å². The summed E-state index contributed by atoms with van der Waals surface area (Å²) in [7, 11) is 1.62. The maximum absolute atomic E-state index is 15.0. The van der Waals surface area contributed by atoms with Crippen LogP contribution in [0.2, 0.25) is 0 Å². The van der Waals surface area contributed by atoms with Crippen LogP contribution in [0.4, 0.5) is 30.2 Å². The maximum atomic E-state index is 15.0. The number of nitrogens with zero attached hydrogens (tertiary/aromatic N) is 4. The molecule has 0 aromatic heterocycles. The molecule has 434 valence electrons. The Morgan fingerprint density at radius 2 is 1.60 bits per heavy atom. The Morgan fingerprint density at radius 3 is 2.33 bits per heavy atom. The topological polar surface area (TPSA) is 206 Å². The van der Waals surface area contributed by atoms with Crippen LogP contribution < -0.4 is 36.8 Å². The molecule has 0 radical (unpaired) electrons. The van der Waals surface area contributed by atoms with E-state index in [1.165, 1.54) is 17.0 Å². The third-order valence-corrected chi connectivity index (χ3v) is 16.7. The number of rotatable bonds is 19. The number of hydrogen-bond donors (Lipinski definition) is 6. The molecule has 5 aliphatic rings. The van der Waals surface area contributed by atoms with Crippen molar-refractivity contribution in [3.8, 4) is 0 Å². The van der Waals surface area contributed by atoms with Gasteiger partial charge in [0.1, 0.15) is 35.2 Å². The minimum atomic E-state index is -1.42. The number of hydrogen-bond acceptors (Lipinski definition) is 12. The van der Waals surface area contributed by atoms with Crippen LogP contribution in [-0.4, -0.2) is 160 Å². The lowest BCUT2D eigenvalue weighted by Gasteiger charge is -2.43. The van der Waals surface area contributed by atoms with Crippen LogP contribution in [0, 0.1) is 23.4 Å². The second kappa shape index (κ2) is 26.0. The minimum absolute atomic E-state index is 0.0197. The third kappa shape index (κ3) is 13.6. The average Bonchev–Trinajstić information content (AvgIpc) is 4.20. The molecule has 0 spiro atoms. The molecule has 81 heavy (non-hydrogen) atoms. The van der Waals surface area contributed by atoms with Crippen LogP contribution in [0.1, 0.15) is 87.2 Å². The lowest BCUT2D eigenvalue weighted by Crippen LogP contribution is -2.62. The van der Waals surface area contributed by atoms with E-state index in [-0.39, 0.29) is 80.7 Å². The highest BCUT2D eigenvalue weighted by molar-refractivity contribution is 6.03. The van der Waals surface area contributed by atoms with Gasteiger partial charge in [0.05, 0.1) is 31.2 Å². The van der Waals surface area contributed by atoms with Crippen molar-refractivity contribution in [1.29, 1.82) is 0 Å². The number of benzene rings is 4. The summed E-state index contributed by atoms with van der Waals surface area (Å²) >= 11 is 0. The summed E-state index contributed by atoms with van der Waals surface area (Å²) in [5, 5.41) is 17.6. The number of anilines is 3. The van der Waals surface area contributed by atoms with Gasteiger partial charge in [-0.3, -0.25) is 38.6 Å². The molecule has 3 saturated heterocycles. The van der Waals surface area contributed by atoms with Gasteiger partial charge in [0, 0.05) is 94.9 Å². The van der Waals surface area contributed by atoms with Crippen LogP contribution >= 0.6 is 0 Å². The normalized spacial score (nSPS) is 23.0. The number of morpholine rings is 1. The van der Waals surface area contributed by atoms with Gasteiger partial charge in [0.15, 0.2) is 0 Å². The largest absolute Gasteiger partial charge is 0.381 e. The fraction of sp³-hybridized carbons (Fsp3) is 0.500. The fourth-order valence-electron chi connectivity index (χ4n) is 11.8. The number of piperazine rings is 1. The van der Waals surface area contributed by atoms with Gasteiger partial charge >= 0.3 is 0 Å². The van der Waals surface area contributed by atoms with Gasteiger partial charge in [0.2, 0.25) is 29.5 Å². The Morgan fingerprint density at radius 1 is 0.864 bits per heavy atom. The van der Waals surface area contributed by atoms with E-state index < -0.39 is 64.5 Å². The maximum Gasteiger partial charge on any atom is 0.252 e. The highest BCUT2D eigenvalue weighted by Gasteiger charge is 2.48. The lowest BCUT2D eigenvalue weighted by molar-refractivity contribution is -0.144. The van der Waals surface area contributed by atoms with E-state index in [2.05, 4.69) is 55.5 Å². The summed E-state index contributed by atoms with van der Waals surface area (Å²) in [5.41, 5.74) is 2.44. The number of fused-ring (bicyclic) bond motifs is 2. The van der Waals surface area contributed by atoms with E-state index in [1.54, 1.807) is 49.2 Å². The van der Waals surface area contributed by atoms with E-state index in [9.17, 15) is 41.9 Å². The van der Waals surface area contributed by atoms with Crippen molar-refractivity contribution in [2.24, 2.45) is 5.92 Å². The Bertz CT molecular complexity index is 2940. The van der Waals surface area contributed by atoms with Crippen molar-refractivity contribution in [2.75, 3.05) is 94.8 Å². The first-order valence-electron chi connectivity index (χ1n) is 28.2. The Labute approximate surface area is 471 Å². The summed E-state index contributed by atoms with van der Waals surface area (Å²) in [6, 6.07) is 17.5. The third-order valence-electron chi connectivity index (χ3n) is 16.7. The van der Waals surface area contributed by atoms with Crippen molar-refractivity contribution in [2.45, 2.75) is 108 Å². The molecule has 5 aliphatic heterocycles. The number of likely N-dealkylation sites (N-methyl/N-ethyl adjacent to an activating group) is 1. The molecule has 0 aliphatic carbocycles. The smallest absolute Gasteiger partial charge is 0.252 e. The molecule has 18 nitrogen and oxygen atoms in total. The quantitative estimate of drug-likeness (QED) is 0.0704. The number of ether oxygens (including phenoxy) is 2. The van der Waals surface area contributed by atoms with Crippen molar-refractivity contribution < 1.29 is 51.4 Å². The summed E-state index contributed by atoms with van der Waals surface area (Å²) in [5.74, 6) is -5.44. The molecular formula is C60H75F3N10O8. The highest BCUT2D eigenvalue weighted by atomic mass is 19.1. The Hall–Kier alpha value is -6.75. The van der Waals surface area contributed by atoms with Gasteiger partial charge in [-0.15, -0.1) is 0 Å². The molecule has 21 heteroatoms. The first kappa shape index (κ1) is 58.9. The molecule has 0 saturated carbocycles. The van der Waals surface area contributed by atoms with Gasteiger partial charge in [-0.2, -0.15) is 0 Å². The zero-order valence-electron chi connectivity index (χ0n) is 46.8. The molecule has 0 bridgehead atoms. The minimum Gasteiger partial charge on any atom is -0.381 e. The van der Waals surface area contributed by atoms with E-state index in [4.69, 9.17) is 9.47 Å². The number of carbonyl (C=O) groups excluding carboxylic acids is 6. The predicted molar refractivity (Wildman–Crippen MR) is 300 cm³/mol. The van der Waals surface area contributed by atoms with E-state index in [0.29, 0.717) is 80.3 Å². The molecule has 9 rings (SSSR count). The second-order valence-corrected chi connectivity index (χ2v) is 22.5. The monoisotopic (exact) mass is 1120 g/mol. The van der Waals surface area contributed by atoms with E-state index in [0.717, 1.165) is 49.0 Å². The zero-order valence-corrected chi connectivity index (χ0v) is 46.8. The molecule has 6 amide bonds. The SMILES string of the molecule is CNC(C)C(=O)NC(C(=O)N1Cc2ccc(NC(=O)CCCNC(=O)[C@]3(C)CN(C(=O)CN4CC(C)NC[C@@H]4CN4CCOC[C@H]4C)c4cc(Cc5ccc(F)cc5)ccc43)cc2[C@H]1C(=O)Nc1c(F)cccc1F)C1CCOCC1. The number of para-hydroxylation sites is 1.